The highest BCUT2D eigenvalue weighted by Crippen LogP contribution is 2.59. The molecule has 0 aromatic rings. The summed E-state index contributed by atoms with van der Waals surface area (Å²) in [4.78, 5) is 11.9. The van der Waals surface area contributed by atoms with Gasteiger partial charge in [0, 0.05) is 0 Å². The van der Waals surface area contributed by atoms with Crippen molar-refractivity contribution in [2.75, 3.05) is 6.61 Å². The summed E-state index contributed by atoms with van der Waals surface area (Å²) in [7, 11) is 0. The smallest absolute Gasteiger partial charge is 0.310 e. The molecule has 108 valence electrons. The zero-order chi connectivity index (χ0) is 14.6. The van der Waals surface area contributed by atoms with Gasteiger partial charge in [0.15, 0.2) is 0 Å². The zero-order valence-corrected chi connectivity index (χ0v) is 13.2. The van der Waals surface area contributed by atoms with Crippen LogP contribution < -0.4 is 0 Å². The molecule has 1 saturated carbocycles. The van der Waals surface area contributed by atoms with E-state index in [1.807, 2.05) is 6.92 Å². The minimum atomic E-state index is -0.0363. The number of ether oxygens (including phenoxy) is 1. The van der Waals surface area contributed by atoms with Crippen LogP contribution in [0.25, 0.3) is 0 Å². The summed E-state index contributed by atoms with van der Waals surface area (Å²) in [5.41, 5.74) is 2.80. The predicted octanol–water partition coefficient (Wildman–Crippen LogP) is 4.51. The van der Waals surface area contributed by atoms with Gasteiger partial charge in [0.25, 0.3) is 0 Å². The van der Waals surface area contributed by atoms with E-state index in [-0.39, 0.29) is 17.3 Å². The van der Waals surface area contributed by atoms with Gasteiger partial charge in [-0.3, -0.25) is 4.79 Å². The molecule has 0 aromatic heterocycles. The standard InChI is InChI=1S/C17H28O2/c1-7-19-16(18)15-14(17(15,5)6)11-13(4)10-8-9-12(2)3/h9,11,14-15H,7-8,10H2,1-6H3/b13-11-/t14-,15+/m0/s1. The first-order valence-electron chi connectivity index (χ1n) is 7.28. The van der Waals surface area contributed by atoms with E-state index in [1.165, 1.54) is 11.1 Å². The Kier molecular flexibility index (Phi) is 5.39. The molecule has 2 nitrogen and oxygen atoms in total. The van der Waals surface area contributed by atoms with Gasteiger partial charge in [0.2, 0.25) is 0 Å². The van der Waals surface area contributed by atoms with Crippen molar-refractivity contribution in [2.24, 2.45) is 17.3 Å². The molecule has 1 rings (SSSR count). The number of carbonyl (C=O) groups excluding carboxylic acids is 1. The lowest BCUT2D eigenvalue weighted by Gasteiger charge is -2.01. The Morgan fingerprint density at radius 1 is 1.26 bits per heavy atom. The molecule has 0 heterocycles. The Labute approximate surface area is 117 Å². The van der Waals surface area contributed by atoms with Gasteiger partial charge in [-0.1, -0.05) is 37.1 Å². The molecular formula is C17H28O2. The Balaban J connectivity index is 2.56. The molecule has 0 radical (unpaired) electrons. The number of rotatable bonds is 6. The number of carbonyl (C=O) groups is 1. The van der Waals surface area contributed by atoms with Crippen LogP contribution in [0.4, 0.5) is 0 Å². The van der Waals surface area contributed by atoms with E-state index >= 15 is 0 Å². The van der Waals surface area contributed by atoms with Crippen molar-refractivity contribution in [3.05, 3.63) is 23.3 Å². The topological polar surface area (TPSA) is 26.3 Å². The van der Waals surface area contributed by atoms with Gasteiger partial charge in [-0.2, -0.15) is 0 Å². The normalized spacial score (nSPS) is 24.8. The number of hydrogen-bond donors (Lipinski definition) is 0. The SMILES string of the molecule is CCOC(=O)[C@H]1[C@H](/C=C(/C)CCC=C(C)C)C1(C)C. The summed E-state index contributed by atoms with van der Waals surface area (Å²) in [6.07, 6.45) is 6.70. The van der Waals surface area contributed by atoms with Crippen molar-refractivity contribution in [3.63, 3.8) is 0 Å². The summed E-state index contributed by atoms with van der Waals surface area (Å²) in [6, 6.07) is 0. The number of allylic oxidation sites excluding steroid dienone is 4. The highest BCUT2D eigenvalue weighted by molar-refractivity contribution is 5.78. The van der Waals surface area contributed by atoms with Crippen molar-refractivity contribution < 1.29 is 9.53 Å². The lowest BCUT2D eigenvalue weighted by Crippen LogP contribution is -2.10. The maximum absolute atomic E-state index is 11.9. The third kappa shape index (κ3) is 4.22. The molecular weight excluding hydrogens is 236 g/mol. The molecule has 0 saturated heterocycles. The number of esters is 1. The van der Waals surface area contributed by atoms with Gasteiger partial charge in [-0.15, -0.1) is 0 Å². The molecule has 2 heteroatoms. The van der Waals surface area contributed by atoms with Crippen LogP contribution in [0.1, 0.15) is 54.4 Å². The van der Waals surface area contributed by atoms with Crippen LogP contribution in [-0.4, -0.2) is 12.6 Å². The van der Waals surface area contributed by atoms with Gasteiger partial charge in [-0.25, -0.2) is 0 Å². The largest absolute Gasteiger partial charge is 0.466 e. The summed E-state index contributed by atoms with van der Waals surface area (Å²) < 4.78 is 5.15. The lowest BCUT2D eigenvalue weighted by molar-refractivity contribution is -0.145. The average Bonchev–Trinajstić information content (AvgIpc) is 2.80. The fourth-order valence-corrected chi connectivity index (χ4v) is 2.65. The van der Waals surface area contributed by atoms with Gasteiger partial charge in [0.1, 0.15) is 0 Å². The maximum atomic E-state index is 11.9. The van der Waals surface area contributed by atoms with E-state index in [9.17, 15) is 4.79 Å². The van der Waals surface area contributed by atoms with Gasteiger partial charge < -0.3 is 4.74 Å². The molecule has 1 aliphatic rings. The molecule has 0 aromatic carbocycles. The molecule has 0 aliphatic heterocycles. The van der Waals surface area contributed by atoms with Gasteiger partial charge in [0.05, 0.1) is 12.5 Å². The molecule has 0 bridgehead atoms. The maximum Gasteiger partial charge on any atom is 0.310 e. The van der Waals surface area contributed by atoms with Crippen LogP contribution in [0.15, 0.2) is 23.3 Å². The van der Waals surface area contributed by atoms with Crippen molar-refractivity contribution in [2.45, 2.75) is 54.4 Å². The molecule has 2 atom stereocenters. The summed E-state index contributed by atoms with van der Waals surface area (Å²) >= 11 is 0. The van der Waals surface area contributed by atoms with Crippen LogP contribution in [0, 0.1) is 17.3 Å². The zero-order valence-electron chi connectivity index (χ0n) is 13.2. The first-order chi connectivity index (χ1) is 8.80. The van der Waals surface area contributed by atoms with Crippen LogP contribution >= 0.6 is 0 Å². The monoisotopic (exact) mass is 264 g/mol. The van der Waals surface area contributed by atoms with Crippen LogP contribution in [0.3, 0.4) is 0 Å². The fourth-order valence-electron chi connectivity index (χ4n) is 2.65. The van der Waals surface area contributed by atoms with Gasteiger partial charge >= 0.3 is 5.97 Å². The minimum absolute atomic E-state index is 0.0363. The van der Waals surface area contributed by atoms with Crippen molar-refractivity contribution in [1.82, 2.24) is 0 Å². The van der Waals surface area contributed by atoms with Crippen LogP contribution in [0.5, 0.6) is 0 Å². The second kappa shape index (κ2) is 6.40. The predicted molar refractivity (Wildman–Crippen MR) is 79.8 cm³/mol. The molecule has 0 amide bonds. The molecule has 1 fully saturated rings. The number of hydrogen-bond acceptors (Lipinski definition) is 2. The Morgan fingerprint density at radius 2 is 1.89 bits per heavy atom. The quantitative estimate of drug-likeness (QED) is 0.521. The minimum Gasteiger partial charge on any atom is -0.466 e. The Bertz CT molecular complexity index is 384. The molecule has 1 aliphatic carbocycles. The summed E-state index contributed by atoms with van der Waals surface area (Å²) in [5, 5.41) is 0. The fraction of sp³-hybridized carbons (Fsp3) is 0.706. The first kappa shape index (κ1) is 16.0. The highest BCUT2D eigenvalue weighted by Gasteiger charge is 2.61. The van der Waals surface area contributed by atoms with Crippen LogP contribution in [-0.2, 0) is 9.53 Å². The molecule has 0 N–H and O–H groups in total. The first-order valence-corrected chi connectivity index (χ1v) is 7.28. The van der Waals surface area contributed by atoms with E-state index in [0.717, 1.165) is 12.8 Å². The Hall–Kier alpha value is -1.05. The van der Waals surface area contributed by atoms with Gasteiger partial charge in [-0.05, 0) is 51.9 Å². The molecule has 0 spiro atoms. The second-order valence-corrected chi connectivity index (χ2v) is 6.41. The van der Waals surface area contributed by atoms with E-state index in [1.54, 1.807) is 0 Å². The van der Waals surface area contributed by atoms with Crippen molar-refractivity contribution >= 4 is 5.97 Å². The summed E-state index contributed by atoms with van der Waals surface area (Å²) in [5.74, 6) is 0.356. The highest BCUT2D eigenvalue weighted by atomic mass is 16.5. The van der Waals surface area contributed by atoms with Crippen molar-refractivity contribution in [3.8, 4) is 0 Å². The Morgan fingerprint density at radius 3 is 2.42 bits per heavy atom. The average molecular weight is 264 g/mol. The third-order valence-electron chi connectivity index (χ3n) is 4.01. The molecule has 0 unspecified atom stereocenters. The second-order valence-electron chi connectivity index (χ2n) is 6.41. The van der Waals surface area contributed by atoms with Crippen molar-refractivity contribution in [1.29, 1.82) is 0 Å². The van der Waals surface area contributed by atoms with E-state index < -0.39 is 0 Å². The third-order valence-corrected chi connectivity index (χ3v) is 4.01. The molecule has 19 heavy (non-hydrogen) atoms. The van der Waals surface area contributed by atoms with Crippen LogP contribution in [0.2, 0.25) is 0 Å². The van der Waals surface area contributed by atoms with E-state index in [2.05, 4.69) is 46.8 Å². The van der Waals surface area contributed by atoms with E-state index in [4.69, 9.17) is 4.74 Å². The summed E-state index contributed by atoms with van der Waals surface area (Å²) in [6.45, 7) is 13.1. The van der Waals surface area contributed by atoms with E-state index in [0.29, 0.717) is 12.5 Å². The lowest BCUT2D eigenvalue weighted by atomic mass is 10.1.